The molecule has 5 nitrogen and oxygen atoms in total. The van der Waals surface area contributed by atoms with Crippen LogP contribution in [-0.2, 0) is 9.59 Å². The van der Waals surface area contributed by atoms with E-state index >= 15 is 0 Å². The highest BCUT2D eigenvalue weighted by molar-refractivity contribution is 5.81. The molecular weight excluding hydrogens is 344 g/mol. The van der Waals surface area contributed by atoms with Crippen LogP contribution in [0.15, 0.2) is 18.2 Å². The smallest absolute Gasteiger partial charge is 0.310 e. The number of carboxylic acids is 2. The van der Waals surface area contributed by atoms with Crippen LogP contribution in [0.25, 0.3) is 0 Å². The lowest BCUT2D eigenvalue weighted by Crippen LogP contribution is -2.21. The molecule has 0 aromatic heterocycles. The molecule has 2 unspecified atom stereocenters. The Morgan fingerprint density at radius 2 is 1.44 bits per heavy atom. The molecule has 0 spiro atoms. The van der Waals surface area contributed by atoms with E-state index in [0.717, 1.165) is 12.8 Å². The van der Waals surface area contributed by atoms with Crippen LogP contribution < -0.4 is 4.74 Å². The first-order chi connectivity index (χ1) is 12.7. The molecule has 0 aliphatic rings. The summed E-state index contributed by atoms with van der Waals surface area (Å²) in [6.45, 7) is 10.5. The summed E-state index contributed by atoms with van der Waals surface area (Å²) in [5.41, 5.74) is 1.16. The Hall–Kier alpha value is -2.04. The van der Waals surface area contributed by atoms with Gasteiger partial charge in [-0.1, -0.05) is 47.1 Å². The maximum Gasteiger partial charge on any atom is 0.310 e. The molecule has 0 amide bonds. The van der Waals surface area contributed by atoms with Gasteiger partial charge in [0.1, 0.15) is 5.75 Å². The quantitative estimate of drug-likeness (QED) is 0.483. The molecule has 0 aliphatic heterocycles. The van der Waals surface area contributed by atoms with Crippen molar-refractivity contribution in [2.45, 2.75) is 72.1 Å². The van der Waals surface area contributed by atoms with Crippen molar-refractivity contribution in [3.05, 3.63) is 29.3 Å². The summed E-state index contributed by atoms with van der Waals surface area (Å²) in [7, 11) is 0. The first-order valence-corrected chi connectivity index (χ1v) is 9.89. The van der Waals surface area contributed by atoms with Crippen molar-refractivity contribution in [2.24, 2.45) is 11.8 Å². The van der Waals surface area contributed by atoms with Gasteiger partial charge in [0.15, 0.2) is 0 Å². The molecule has 27 heavy (non-hydrogen) atoms. The topological polar surface area (TPSA) is 83.8 Å². The third kappa shape index (κ3) is 7.24. The zero-order chi connectivity index (χ0) is 20.6. The second-order valence-corrected chi connectivity index (χ2v) is 8.03. The monoisotopic (exact) mass is 378 g/mol. The van der Waals surface area contributed by atoms with E-state index in [-0.39, 0.29) is 11.8 Å². The van der Waals surface area contributed by atoms with Crippen molar-refractivity contribution in [2.75, 3.05) is 6.61 Å². The van der Waals surface area contributed by atoms with Crippen LogP contribution in [0.3, 0.4) is 0 Å². The Morgan fingerprint density at radius 1 is 0.926 bits per heavy atom. The van der Waals surface area contributed by atoms with Gasteiger partial charge in [-0.05, 0) is 54.4 Å². The van der Waals surface area contributed by atoms with Crippen molar-refractivity contribution in [1.29, 1.82) is 0 Å². The molecule has 0 fully saturated rings. The van der Waals surface area contributed by atoms with Crippen molar-refractivity contribution < 1.29 is 24.5 Å². The number of aliphatic carboxylic acids is 2. The number of benzene rings is 1. The number of carbonyl (C=O) groups is 2. The summed E-state index contributed by atoms with van der Waals surface area (Å²) in [4.78, 5) is 23.9. The minimum absolute atomic E-state index is 0.178. The average molecular weight is 379 g/mol. The van der Waals surface area contributed by atoms with Crippen LogP contribution in [0, 0.1) is 11.8 Å². The summed E-state index contributed by atoms with van der Waals surface area (Å²) in [6, 6.07) is 5.25. The average Bonchev–Trinajstić information content (AvgIpc) is 2.57. The van der Waals surface area contributed by atoms with E-state index in [1.807, 2.05) is 27.7 Å². The lowest BCUT2D eigenvalue weighted by Gasteiger charge is -2.24. The minimum atomic E-state index is -0.927. The third-order valence-electron chi connectivity index (χ3n) is 4.59. The van der Waals surface area contributed by atoms with Gasteiger partial charge in [0.25, 0.3) is 0 Å². The normalized spacial score (nSPS) is 13.6. The summed E-state index contributed by atoms with van der Waals surface area (Å²) in [6.07, 6.45) is 2.84. The highest BCUT2D eigenvalue weighted by atomic mass is 16.5. The molecule has 0 radical (unpaired) electrons. The Balaban J connectivity index is 3.41. The fourth-order valence-corrected chi connectivity index (χ4v) is 3.26. The molecule has 152 valence electrons. The second kappa shape index (κ2) is 11.0. The van der Waals surface area contributed by atoms with Gasteiger partial charge in [-0.15, -0.1) is 0 Å². The van der Waals surface area contributed by atoms with Gasteiger partial charge in [-0.2, -0.15) is 0 Å². The van der Waals surface area contributed by atoms with Gasteiger partial charge < -0.3 is 14.9 Å². The van der Waals surface area contributed by atoms with Gasteiger partial charge in [0.05, 0.1) is 18.4 Å². The van der Waals surface area contributed by atoms with E-state index in [2.05, 4.69) is 6.92 Å². The SMILES string of the molecule is CCCCOc1ccc(C(CC(C)C)C(=O)O)c(C(CC(C)C)C(=O)O)c1. The minimum Gasteiger partial charge on any atom is -0.494 e. The number of hydrogen-bond donors (Lipinski definition) is 2. The van der Waals surface area contributed by atoms with Gasteiger partial charge in [0.2, 0.25) is 0 Å². The van der Waals surface area contributed by atoms with Gasteiger partial charge in [0, 0.05) is 0 Å². The summed E-state index contributed by atoms with van der Waals surface area (Å²) in [5.74, 6) is -2.35. The summed E-state index contributed by atoms with van der Waals surface area (Å²) < 4.78 is 5.76. The molecule has 0 saturated carbocycles. The Kier molecular flexibility index (Phi) is 9.33. The number of ether oxygens (including phenoxy) is 1. The predicted molar refractivity (Wildman–Crippen MR) is 107 cm³/mol. The highest BCUT2D eigenvalue weighted by Gasteiger charge is 2.30. The summed E-state index contributed by atoms with van der Waals surface area (Å²) in [5, 5.41) is 19.6. The van der Waals surface area contributed by atoms with E-state index in [0.29, 0.717) is 36.3 Å². The fraction of sp³-hybridized carbons (Fsp3) is 0.636. The first-order valence-electron chi connectivity index (χ1n) is 9.89. The van der Waals surface area contributed by atoms with Crippen LogP contribution in [-0.4, -0.2) is 28.8 Å². The van der Waals surface area contributed by atoms with Crippen LogP contribution in [0.1, 0.15) is 83.3 Å². The van der Waals surface area contributed by atoms with Crippen LogP contribution in [0.2, 0.25) is 0 Å². The van der Waals surface area contributed by atoms with E-state index < -0.39 is 23.8 Å². The van der Waals surface area contributed by atoms with Gasteiger partial charge in [-0.3, -0.25) is 9.59 Å². The number of carboxylic acid groups (broad SMARTS) is 2. The van der Waals surface area contributed by atoms with Crippen molar-refractivity contribution >= 4 is 11.9 Å². The number of hydrogen-bond acceptors (Lipinski definition) is 3. The molecule has 1 aromatic rings. The van der Waals surface area contributed by atoms with Crippen molar-refractivity contribution in [1.82, 2.24) is 0 Å². The lowest BCUT2D eigenvalue weighted by molar-refractivity contribution is -0.140. The Labute approximate surface area is 162 Å². The zero-order valence-corrected chi connectivity index (χ0v) is 17.2. The molecule has 5 heteroatoms. The Bertz CT molecular complexity index is 621. The van der Waals surface area contributed by atoms with E-state index in [4.69, 9.17) is 4.74 Å². The third-order valence-corrected chi connectivity index (χ3v) is 4.59. The molecule has 1 rings (SSSR count). The first kappa shape index (κ1) is 23.0. The van der Waals surface area contributed by atoms with Gasteiger partial charge >= 0.3 is 11.9 Å². The maximum atomic E-state index is 12.0. The van der Waals surface area contributed by atoms with Crippen molar-refractivity contribution in [3.8, 4) is 5.75 Å². The predicted octanol–water partition coefficient (Wildman–Crippen LogP) is 5.29. The highest BCUT2D eigenvalue weighted by Crippen LogP contribution is 2.36. The summed E-state index contributed by atoms with van der Waals surface area (Å²) >= 11 is 0. The molecule has 0 aliphatic carbocycles. The van der Waals surface area contributed by atoms with Crippen LogP contribution >= 0.6 is 0 Å². The van der Waals surface area contributed by atoms with E-state index in [1.54, 1.807) is 18.2 Å². The van der Waals surface area contributed by atoms with E-state index in [1.165, 1.54) is 0 Å². The molecule has 0 saturated heterocycles. The number of rotatable bonds is 12. The second-order valence-electron chi connectivity index (χ2n) is 8.03. The fourth-order valence-electron chi connectivity index (χ4n) is 3.26. The molecule has 2 atom stereocenters. The molecule has 0 bridgehead atoms. The van der Waals surface area contributed by atoms with Crippen LogP contribution in [0.4, 0.5) is 0 Å². The zero-order valence-electron chi connectivity index (χ0n) is 17.2. The number of unbranched alkanes of at least 4 members (excludes halogenated alkanes) is 1. The van der Waals surface area contributed by atoms with E-state index in [9.17, 15) is 19.8 Å². The van der Waals surface area contributed by atoms with Crippen molar-refractivity contribution in [3.63, 3.8) is 0 Å². The molecule has 1 aromatic carbocycles. The standard InChI is InChI=1S/C22H34O5/c1-6-7-10-27-16-8-9-17(19(21(23)24)11-14(2)3)18(13-16)20(22(25)26)12-15(4)5/h8-9,13-15,19-20H,6-7,10-12H2,1-5H3,(H,23,24)(H,25,26). The van der Waals surface area contributed by atoms with Crippen LogP contribution in [0.5, 0.6) is 5.75 Å². The largest absolute Gasteiger partial charge is 0.494 e. The lowest BCUT2D eigenvalue weighted by atomic mass is 9.81. The molecule has 0 heterocycles. The molecule has 2 N–H and O–H groups in total. The van der Waals surface area contributed by atoms with Gasteiger partial charge in [-0.25, -0.2) is 0 Å². The Morgan fingerprint density at radius 3 is 1.89 bits per heavy atom. The maximum absolute atomic E-state index is 12.0. The molecular formula is C22H34O5.